The van der Waals surface area contributed by atoms with Crippen LogP contribution in [0.4, 0.5) is 0 Å². The molecule has 1 rings (SSSR count). The van der Waals surface area contributed by atoms with Crippen LogP contribution in [-0.2, 0) is 0 Å². The number of rotatable bonds is 1. The van der Waals surface area contributed by atoms with Gasteiger partial charge in [0.25, 0.3) is 0 Å². The Kier molecular flexibility index (Phi) is 2.67. The third-order valence-corrected chi connectivity index (χ3v) is 2.38. The van der Waals surface area contributed by atoms with Gasteiger partial charge in [-0.15, -0.1) is 0 Å². The Morgan fingerprint density at radius 1 is 1.82 bits per heavy atom. The molecule has 64 valence electrons. The molecular weight excluding hydrogens is 160 g/mol. The summed E-state index contributed by atoms with van der Waals surface area (Å²) in [6, 6.07) is 0.350. The van der Waals surface area contributed by atoms with Gasteiger partial charge >= 0.3 is 0 Å². The molecule has 3 nitrogen and oxygen atoms in total. The van der Waals surface area contributed by atoms with Gasteiger partial charge in [-0.1, -0.05) is 6.92 Å². The first-order valence-corrected chi connectivity index (χ1v) is 4.30. The number of nitrogens with two attached hydrogens (primary N) is 1. The number of aliphatic hydroxyl groups excluding tert-OH is 1. The third-order valence-electron chi connectivity index (χ3n) is 2.15. The summed E-state index contributed by atoms with van der Waals surface area (Å²) in [6.45, 7) is 2.68. The van der Waals surface area contributed by atoms with E-state index in [0.717, 1.165) is 12.8 Å². The molecule has 1 aliphatic heterocycles. The quantitative estimate of drug-likeness (QED) is 0.553. The van der Waals surface area contributed by atoms with E-state index in [0.29, 0.717) is 17.7 Å². The van der Waals surface area contributed by atoms with Crippen molar-refractivity contribution in [1.29, 1.82) is 0 Å². The summed E-state index contributed by atoms with van der Waals surface area (Å²) >= 11 is 4.84. The van der Waals surface area contributed by atoms with Crippen LogP contribution in [-0.4, -0.2) is 33.8 Å². The molecule has 0 amide bonds. The van der Waals surface area contributed by atoms with E-state index in [1.807, 2.05) is 4.90 Å². The van der Waals surface area contributed by atoms with Gasteiger partial charge in [-0.25, -0.2) is 0 Å². The first-order valence-electron chi connectivity index (χ1n) is 3.89. The third kappa shape index (κ3) is 1.81. The zero-order valence-electron chi connectivity index (χ0n) is 6.66. The van der Waals surface area contributed by atoms with Crippen LogP contribution in [0.2, 0.25) is 0 Å². The maximum atomic E-state index is 9.29. The summed E-state index contributed by atoms with van der Waals surface area (Å²) < 4.78 is 0. The van der Waals surface area contributed by atoms with Crippen molar-refractivity contribution in [3.63, 3.8) is 0 Å². The maximum Gasteiger partial charge on any atom is 0.166 e. The molecular formula is C7H14N2OS. The Bertz CT molecular complexity index is 163. The van der Waals surface area contributed by atoms with Crippen molar-refractivity contribution in [2.45, 2.75) is 31.9 Å². The Balaban J connectivity index is 2.57. The van der Waals surface area contributed by atoms with Crippen molar-refractivity contribution in [3.8, 4) is 0 Å². The Labute approximate surface area is 72.2 Å². The number of β-amino-alcohol motifs (C(OH)–C–C–N with tert-alkyl or cyclic N) is 1. The monoisotopic (exact) mass is 174 g/mol. The highest BCUT2D eigenvalue weighted by molar-refractivity contribution is 7.80. The minimum absolute atomic E-state index is 0.249. The zero-order chi connectivity index (χ0) is 8.43. The highest BCUT2D eigenvalue weighted by atomic mass is 32.1. The molecule has 0 radical (unpaired) electrons. The molecule has 3 N–H and O–H groups in total. The van der Waals surface area contributed by atoms with Crippen LogP contribution < -0.4 is 5.73 Å². The van der Waals surface area contributed by atoms with E-state index in [-0.39, 0.29) is 6.10 Å². The number of aliphatic hydroxyl groups is 1. The van der Waals surface area contributed by atoms with E-state index in [4.69, 9.17) is 18.0 Å². The minimum atomic E-state index is -0.249. The van der Waals surface area contributed by atoms with Gasteiger partial charge in [-0.2, -0.15) is 0 Å². The molecule has 1 fully saturated rings. The topological polar surface area (TPSA) is 49.5 Å². The molecule has 4 heteroatoms. The number of hydrogen-bond acceptors (Lipinski definition) is 2. The second kappa shape index (κ2) is 3.36. The van der Waals surface area contributed by atoms with Gasteiger partial charge < -0.3 is 15.7 Å². The lowest BCUT2D eigenvalue weighted by molar-refractivity contribution is 0.188. The fourth-order valence-electron chi connectivity index (χ4n) is 1.55. The molecule has 0 aromatic rings. The van der Waals surface area contributed by atoms with Crippen LogP contribution >= 0.6 is 12.2 Å². The molecule has 1 saturated heterocycles. The molecule has 0 saturated carbocycles. The standard InChI is InChI=1S/C7H14N2OS/c1-2-5-3-6(10)4-9(5)7(8)11/h5-6,10H,2-4H2,1H3,(H2,8,11)/t5-,6+/m0/s1. The summed E-state index contributed by atoms with van der Waals surface area (Å²) in [5, 5.41) is 9.70. The fourth-order valence-corrected chi connectivity index (χ4v) is 1.77. The largest absolute Gasteiger partial charge is 0.391 e. The lowest BCUT2D eigenvalue weighted by atomic mass is 10.1. The summed E-state index contributed by atoms with van der Waals surface area (Å²) in [4.78, 5) is 1.90. The van der Waals surface area contributed by atoms with Gasteiger partial charge in [0.1, 0.15) is 0 Å². The van der Waals surface area contributed by atoms with Crippen LogP contribution in [0, 0.1) is 0 Å². The van der Waals surface area contributed by atoms with Gasteiger partial charge in [-0.05, 0) is 25.1 Å². The van der Waals surface area contributed by atoms with Crippen LogP contribution in [0.5, 0.6) is 0 Å². The van der Waals surface area contributed by atoms with E-state index >= 15 is 0 Å². The van der Waals surface area contributed by atoms with Gasteiger partial charge in [-0.3, -0.25) is 0 Å². The summed E-state index contributed by atoms with van der Waals surface area (Å²) in [5.74, 6) is 0. The molecule has 0 unspecified atom stereocenters. The van der Waals surface area contributed by atoms with Crippen molar-refractivity contribution < 1.29 is 5.11 Å². The lowest BCUT2D eigenvalue weighted by Crippen LogP contribution is -2.39. The Morgan fingerprint density at radius 3 is 2.82 bits per heavy atom. The predicted molar refractivity (Wildman–Crippen MR) is 48.2 cm³/mol. The second-order valence-electron chi connectivity index (χ2n) is 2.94. The minimum Gasteiger partial charge on any atom is -0.391 e. The van der Waals surface area contributed by atoms with Crippen LogP contribution in [0.15, 0.2) is 0 Å². The van der Waals surface area contributed by atoms with Gasteiger partial charge in [0.15, 0.2) is 5.11 Å². The highest BCUT2D eigenvalue weighted by Gasteiger charge is 2.29. The summed E-state index contributed by atoms with van der Waals surface area (Å²) in [5.41, 5.74) is 5.47. The molecule has 1 heterocycles. The van der Waals surface area contributed by atoms with Crippen molar-refractivity contribution in [2.24, 2.45) is 5.73 Å². The van der Waals surface area contributed by atoms with Crippen molar-refractivity contribution in [3.05, 3.63) is 0 Å². The Morgan fingerprint density at radius 2 is 2.45 bits per heavy atom. The molecule has 1 aliphatic rings. The summed E-state index contributed by atoms with van der Waals surface area (Å²) in [6.07, 6.45) is 1.55. The van der Waals surface area contributed by atoms with Crippen molar-refractivity contribution in [1.82, 2.24) is 4.90 Å². The molecule has 2 atom stereocenters. The van der Waals surface area contributed by atoms with Crippen LogP contribution in [0.3, 0.4) is 0 Å². The molecule has 0 aromatic heterocycles. The first-order chi connectivity index (χ1) is 5.15. The normalized spacial score (nSPS) is 30.9. The lowest BCUT2D eigenvalue weighted by Gasteiger charge is -2.22. The molecule has 0 spiro atoms. The van der Waals surface area contributed by atoms with Gasteiger partial charge in [0.05, 0.1) is 6.10 Å². The number of likely N-dealkylation sites (tertiary alicyclic amines) is 1. The summed E-state index contributed by atoms with van der Waals surface area (Å²) in [7, 11) is 0. The first kappa shape index (κ1) is 8.74. The number of thiocarbonyl (C=S) groups is 1. The highest BCUT2D eigenvalue weighted by Crippen LogP contribution is 2.19. The molecule has 0 aliphatic carbocycles. The van der Waals surface area contributed by atoms with Crippen molar-refractivity contribution in [2.75, 3.05) is 6.54 Å². The number of nitrogens with zero attached hydrogens (tertiary/aromatic N) is 1. The van der Waals surface area contributed by atoms with Gasteiger partial charge in [0.2, 0.25) is 0 Å². The van der Waals surface area contributed by atoms with E-state index in [9.17, 15) is 5.11 Å². The van der Waals surface area contributed by atoms with E-state index < -0.39 is 0 Å². The predicted octanol–water partition coefficient (Wildman–Crippen LogP) is 0.0752. The van der Waals surface area contributed by atoms with Crippen molar-refractivity contribution >= 4 is 17.3 Å². The average molecular weight is 174 g/mol. The van der Waals surface area contributed by atoms with Gasteiger partial charge in [0, 0.05) is 12.6 Å². The smallest absolute Gasteiger partial charge is 0.166 e. The average Bonchev–Trinajstić information content (AvgIpc) is 2.30. The van der Waals surface area contributed by atoms with E-state index in [2.05, 4.69) is 6.92 Å². The van der Waals surface area contributed by atoms with E-state index in [1.54, 1.807) is 0 Å². The Hall–Kier alpha value is -0.350. The van der Waals surface area contributed by atoms with Crippen LogP contribution in [0.25, 0.3) is 0 Å². The molecule has 0 bridgehead atoms. The fraction of sp³-hybridized carbons (Fsp3) is 0.857. The van der Waals surface area contributed by atoms with Crippen LogP contribution in [0.1, 0.15) is 19.8 Å². The second-order valence-corrected chi connectivity index (χ2v) is 3.36. The maximum absolute atomic E-state index is 9.29. The molecule has 0 aromatic carbocycles. The van der Waals surface area contributed by atoms with E-state index in [1.165, 1.54) is 0 Å². The number of hydrogen-bond donors (Lipinski definition) is 2. The zero-order valence-corrected chi connectivity index (χ0v) is 7.47. The SMILES string of the molecule is CC[C@H]1C[C@@H](O)CN1C(N)=S. The molecule has 11 heavy (non-hydrogen) atoms.